The minimum atomic E-state index is -2.03. The van der Waals surface area contributed by atoms with Crippen LogP contribution in [0.4, 0.5) is 0 Å². The molecule has 3 aromatic carbocycles. The molecule has 1 aliphatic carbocycles. The lowest BCUT2D eigenvalue weighted by atomic mass is 9.70. The van der Waals surface area contributed by atoms with Gasteiger partial charge in [-0.15, -0.1) is 0 Å². The van der Waals surface area contributed by atoms with E-state index in [9.17, 15) is 15.0 Å². The fraction of sp³-hybridized carbons (Fsp3) is 0.321. The molecule has 5 rings (SSSR count). The molecule has 1 saturated carbocycles. The summed E-state index contributed by atoms with van der Waals surface area (Å²) in [5, 5.41) is 24.4. The van der Waals surface area contributed by atoms with Crippen LogP contribution in [0.3, 0.4) is 0 Å². The third-order valence-electron chi connectivity index (χ3n) is 7.36. The predicted molar refractivity (Wildman–Crippen MR) is 128 cm³/mol. The number of fused-ring (bicyclic) bond motifs is 3. The Morgan fingerprint density at radius 2 is 1.66 bits per heavy atom. The molecule has 5 atom stereocenters. The standard InChI is InChI=1S/C28H28O7/c1-16-14-20(33-3)24-21(15-16)35-28(18-10-12-19(32-2)13-11-18)23(17-8-6-5-7-9-17)22(26(30)34-4)25(29)27(24,28)31/h5-15,22-23,25,29,31H,1-4H3/t22-,23-,25+,27-,28-/m0/s1. The van der Waals surface area contributed by atoms with Crippen molar-refractivity contribution in [2.45, 2.75) is 30.1 Å². The van der Waals surface area contributed by atoms with Crippen LogP contribution in [0.15, 0.2) is 66.7 Å². The minimum absolute atomic E-state index is 0.307. The van der Waals surface area contributed by atoms with Gasteiger partial charge in [-0.05, 0) is 47.9 Å². The van der Waals surface area contributed by atoms with Crippen molar-refractivity contribution >= 4 is 5.97 Å². The van der Waals surface area contributed by atoms with Gasteiger partial charge in [-0.3, -0.25) is 4.79 Å². The van der Waals surface area contributed by atoms with Crippen LogP contribution in [0.2, 0.25) is 0 Å². The number of aliphatic hydroxyl groups is 2. The Hall–Kier alpha value is -3.55. The van der Waals surface area contributed by atoms with Crippen LogP contribution in [-0.4, -0.2) is 43.6 Å². The first-order valence-corrected chi connectivity index (χ1v) is 11.4. The Labute approximate surface area is 203 Å². The van der Waals surface area contributed by atoms with Gasteiger partial charge in [0.1, 0.15) is 23.4 Å². The SMILES string of the molecule is COC(=O)[C@@H]1[C@@H](O)[C@@]2(O)c3c(OC)cc(C)cc3O[C@@]2(c2ccc(OC)cc2)[C@H]1c1ccccc1. The molecule has 0 spiro atoms. The normalized spacial score (nSPS) is 28.6. The van der Waals surface area contributed by atoms with Gasteiger partial charge >= 0.3 is 5.97 Å². The van der Waals surface area contributed by atoms with Gasteiger partial charge in [-0.25, -0.2) is 0 Å². The number of hydrogen-bond acceptors (Lipinski definition) is 7. The number of carbonyl (C=O) groups is 1. The van der Waals surface area contributed by atoms with E-state index >= 15 is 0 Å². The molecule has 1 aliphatic heterocycles. The van der Waals surface area contributed by atoms with E-state index in [0.29, 0.717) is 28.4 Å². The Bertz CT molecular complexity index is 1260. The number of benzene rings is 3. The first kappa shape index (κ1) is 23.2. The van der Waals surface area contributed by atoms with Gasteiger partial charge in [0.25, 0.3) is 0 Å². The third-order valence-corrected chi connectivity index (χ3v) is 7.36. The smallest absolute Gasteiger partial charge is 0.312 e. The lowest BCUT2D eigenvalue weighted by Gasteiger charge is -2.40. The Morgan fingerprint density at radius 3 is 2.26 bits per heavy atom. The summed E-state index contributed by atoms with van der Waals surface area (Å²) < 4.78 is 22.9. The highest BCUT2D eigenvalue weighted by Gasteiger charge is 2.78. The van der Waals surface area contributed by atoms with E-state index in [2.05, 4.69) is 0 Å². The van der Waals surface area contributed by atoms with E-state index in [1.165, 1.54) is 14.2 Å². The first-order chi connectivity index (χ1) is 16.8. The van der Waals surface area contributed by atoms with Crippen molar-refractivity contribution in [3.8, 4) is 17.2 Å². The predicted octanol–water partition coefficient (Wildman–Crippen LogP) is 3.44. The van der Waals surface area contributed by atoms with Crippen molar-refractivity contribution in [1.82, 2.24) is 0 Å². The van der Waals surface area contributed by atoms with E-state index in [1.807, 2.05) is 37.3 Å². The molecular weight excluding hydrogens is 448 g/mol. The molecule has 0 bridgehead atoms. The summed E-state index contributed by atoms with van der Waals surface area (Å²) in [5.74, 6) is -1.16. The van der Waals surface area contributed by atoms with Crippen LogP contribution in [0.5, 0.6) is 17.2 Å². The second-order valence-corrected chi connectivity index (χ2v) is 9.06. The minimum Gasteiger partial charge on any atom is -0.497 e. The van der Waals surface area contributed by atoms with Gasteiger partial charge in [0.15, 0.2) is 11.2 Å². The van der Waals surface area contributed by atoms with Crippen molar-refractivity contribution in [3.63, 3.8) is 0 Å². The quantitative estimate of drug-likeness (QED) is 0.545. The maximum atomic E-state index is 13.2. The topological polar surface area (TPSA) is 94.5 Å². The van der Waals surface area contributed by atoms with Gasteiger partial charge in [-0.2, -0.15) is 0 Å². The first-order valence-electron chi connectivity index (χ1n) is 11.4. The van der Waals surface area contributed by atoms with Gasteiger partial charge in [0, 0.05) is 5.92 Å². The van der Waals surface area contributed by atoms with Crippen molar-refractivity contribution in [1.29, 1.82) is 0 Å². The summed E-state index contributed by atoms with van der Waals surface area (Å²) in [6.45, 7) is 1.90. The number of rotatable bonds is 5. The van der Waals surface area contributed by atoms with Gasteiger partial charge < -0.3 is 29.2 Å². The highest BCUT2D eigenvalue weighted by atomic mass is 16.5. The molecule has 1 heterocycles. The number of aliphatic hydroxyl groups excluding tert-OH is 1. The van der Waals surface area contributed by atoms with E-state index in [4.69, 9.17) is 18.9 Å². The second-order valence-electron chi connectivity index (χ2n) is 9.06. The number of carbonyl (C=O) groups excluding carboxylic acids is 1. The Kier molecular flexibility index (Phi) is 5.49. The summed E-state index contributed by atoms with van der Waals surface area (Å²) in [6, 6.07) is 20.0. The summed E-state index contributed by atoms with van der Waals surface area (Å²) in [4.78, 5) is 13.2. The van der Waals surface area contributed by atoms with Crippen molar-refractivity contribution < 1.29 is 34.0 Å². The number of aryl methyl sites for hydroxylation is 1. The van der Waals surface area contributed by atoms with Crippen molar-refractivity contribution in [2.24, 2.45) is 5.92 Å². The third kappa shape index (κ3) is 3.01. The highest BCUT2D eigenvalue weighted by molar-refractivity contribution is 5.78. The van der Waals surface area contributed by atoms with Crippen LogP contribution >= 0.6 is 0 Å². The van der Waals surface area contributed by atoms with E-state index in [0.717, 1.165) is 11.1 Å². The van der Waals surface area contributed by atoms with Gasteiger partial charge in [0.05, 0.1) is 32.8 Å². The molecule has 3 aromatic rings. The average Bonchev–Trinajstić information content (AvgIpc) is 3.26. The Balaban J connectivity index is 1.88. The summed E-state index contributed by atoms with van der Waals surface area (Å²) in [5.41, 5.74) is -1.13. The molecule has 2 aliphatic rings. The molecule has 0 radical (unpaired) electrons. The van der Waals surface area contributed by atoms with Crippen molar-refractivity contribution in [2.75, 3.05) is 21.3 Å². The zero-order valence-electron chi connectivity index (χ0n) is 20.0. The van der Waals surface area contributed by atoms with E-state index in [1.54, 1.807) is 43.5 Å². The molecular formula is C28H28O7. The molecule has 0 aromatic heterocycles. The van der Waals surface area contributed by atoms with Crippen LogP contribution in [-0.2, 0) is 20.7 Å². The Morgan fingerprint density at radius 1 is 0.971 bits per heavy atom. The number of hydrogen-bond donors (Lipinski definition) is 2. The largest absolute Gasteiger partial charge is 0.497 e. The average molecular weight is 477 g/mol. The van der Waals surface area contributed by atoms with Crippen LogP contribution < -0.4 is 14.2 Å². The van der Waals surface area contributed by atoms with Crippen LogP contribution in [0, 0.1) is 12.8 Å². The van der Waals surface area contributed by atoms with Gasteiger partial charge in [-0.1, -0.05) is 42.5 Å². The molecule has 182 valence electrons. The molecule has 35 heavy (non-hydrogen) atoms. The molecule has 0 saturated heterocycles. The molecule has 0 amide bonds. The lowest BCUT2D eigenvalue weighted by molar-refractivity contribution is -0.161. The summed E-state index contributed by atoms with van der Waals surface area (Å²) in [7, 11) is 4.34. The monoisotopic (exact) mass is 476 g/mol. The fourth-order valence-electron chi connectivity index (χ4n) is 5.94. The van der Waals surface area contributed by atoms with Gasteiger partial charge in [0.2, 0.25) is 0 Å². The van der Waals surface area contributed by atoms with E-state index < -0.39 is 35.1 Å². The number of ether oxygens (including phenoxy) is 4. The second kappa shape index (κ2) is 8.29. The molecule has 7 heteroatoms. The number of esters is 1. The van der Waals surface area contributed by atoms with Crippen LogP contribution in [0.1, 0.15) is 28.2 Å². The fourth-order valence-corrected chi connectivity index (χ4v) is 5.94. The maximum Gasteiger partial charge on any atom is 0.312 e. The van der Waals surface area contributed by atoms with Crippen molar-refractivity contribution in [3.05, 3.63) is 89.0 Å². The molecule has 1 fully saturated rings. The molecule has 2 N–H and O–H groups in total. The molecule has 0 unspecified atom stereocenters. The summed E-state index contributed by atoms with van der Waals surface area (Å²) >= 11 is 0. The summed E-state index contributed by atoms with van der Waals surface area (Å²) in [6.07, 6.45) is -1.56. The van der Waals surface area contributed by atoms with Crippen LogP contribution in [0.25, 0.3) is 0 Å². The zero-order valence-corrected chi connectivity index (χ0v) is 20.0. The number of methoxy groups -OCH3 is 3. The highest BCUT2D eigenvalue weighted by Crippen LogP contribution is 2.70. The molecule has 7 nitrogen and oxygen atoms in total. The zero-order chi connectivity index (χ0) is 25.0. The lowest BCUT2D eigenvalue weighted by Crippen LogP contribution is -2.52. The maximum absolute atomic E-state index is 13.2. The van der Waals surface area contributed by atoms with E-state index in [-0.39, 0.29) is 0 Å².